The Kier molecular flexibility index (Phi) is 8.80. The molecule has 0 aromatic carbocycles. The normalized spacial score (nSPS) is 37.2. The molecule has 1 aromatic heterocycles. The maximum Gasteiger partial charge on any atom is 0.404 e. The number of hydrogen-bond acceptors (Lipinski definition) is 4. The highest BCUT2D eigenvalue weighted by atomic mass is 16.6. The average molecular weight is 539 g/mol. The molecule has 4 aliphatic rings. The summed E-state index contributed by atoms with van der Waals surface area (Å²) < 4.78 is 5.42. The van der Waals surface area contributed by atoms with E-state index in [9.17, 15) is 4.79 Å². The summed E-state index contributed by atoms with van der Waals surface area (Å²) in [5.41, 5.74) is 8.90. The van der Waals surface area contributed by atoms with Crippen LogP contribution in [0.3, 0.4) is 0 Å². The molecule has 218 valence electrons. The van der Waals surface area contributed by atoms with Gasteiger partial charge in [0.1, 0.15) is 6.10 Å². The molecule has 5 rings (SSSR count). The summed E-state index contributed by atoms with van der Waals surface area (Å²) in [6.07, 6.45) is 20.5. The van der Waals surface area contributed by atoms with Gasteiger partial charge in [-0.25, -0.2) is 9.78 Å². The van der Waals surface area contributed by atoms with E-state index in [0.717, 1.165) is 74.3 Å². The monoisotopic (exact) mass is 538 g/mol. The minimum atomic E-state index is -0.620. The molecule has 6 nitrogen and oxygen atoms in total. The zero-order valence-electron chi connectivity index (χ0n) is 25.0. The molecular weight excluding hydrogens is 484 g/mol. The van der Waals surface area contributed by atoms with Crippen molar-refractivity contribution in [1.82, 2.24) is 15.3 Å². The molecule has 39 heavy (non-hydrogen) atoms. The highest BCUT2D eigenvalue weighted by Gasteiger charge is 2.59. The standard InChI is InChI=1S/C33H54N4O2/c1-22(19-35-17-14-25-20-36-21-37-25)6-5-7-23(2)28-10-11-29-27-9-8-24-18-26(39-31(34)38)12-15-32(24,3)30(27)13-16-33(28,29)4/h8,20-23,26-30,35H,5-7,9-19H2,1-4H3,(H2,34,38)(H,36,37)/t22?,23-,26+,27+,28-,29+,30+,32+,33-/m1/s1. The van der Waals surface area contributed by atoms with E-state index in [0.29, 0.717) is 5.41 Å². The lowest BCUT2D eigenvalue weighted by Gasteiger charge is -2.58. The van der Waals surface area contributed by atoms with Gasteiger partial charge in [-0.05, 0) is 104 Å². The molecule has 0 aliphatic heterocycles. The van der Waals surface area contributed by atoms with Crippen LogP contribution in [0.1, 0.15) is 104 Å². The number of ether oxygens (including phenoxy) is 1. The Morgan fingerprint density at radius 3 is 2.79 bits per heavy atom. The Morgan fingerprint density at radius 2 is 2.03 bits per heavy atom. The zero-order valence-corrected chi connectivity index (χ0v) is 25.0. The summed E-state index contributed by atoms with van der Waals surface area (Å²) >= 11 is 0. The number of H-pyrrole nitrogens is 1. The van der Waals surface area contributed by atoms with E-state index in [-0.39, 0.29) is 11.5 Å². The van der Waals surface area contributed by atoms with E-state index in [1.165, 1.54) is 57.1 Å². The number of imidazole rings is 1. The van der Waals surface area contributed by atoms with E-state index in [1.807, 2.05) is 6.20 Å². The van der Waals surface area contributed by atoms with Crippen LogP contribution in [0.15, 0.2) is 24.2 Å². The number of allylic oxidation sites excluding steroid dienone is 1. The third-order valence-electron chi connectivity index (χ3n) is 12.1. The van der Waals surface area contributed by atoms with Gasteiger partial charge in [-0.1, -0.05) is 52.2 Å². The fraction of sp³-hybridized carbons (Fsp3) is 0.818. The summed E-state index contributed by atoms with van der Waals surface area (Å²) in [7, 11) is 0. The Bertz CT molecular complexity index is 992. The molecular formula is C33H54N4O2. The highest BCUT2D eigenvalue weighted by molar-refractivity contribution is 5.64. The van der Waals surface area contributed by atoms with Crippen molar-refractivity contribution < 1.29 is 9.53 Å². The fourth-order valence-electron chi connectivity index (χ4n) is 9.95. The predicted molar refractivity (Wildman–Crippen MR) is 157 cm³/mol. The van der Waals surface area contributed by atoms with Gasteiger partial charge in [-0.3, -0.25) is 0 Å². The molecule has 1 amide bonds. The summed E-state index contributed by atoms with van der Waals surface area (Å²) in [6.45, 7) is 12.3. The Hall–Kier alpha value is -1.82. The third kappa shape index (κ3) is 5.96. The minimum absolute atomic E-state index is 0.0237. The molecule has 0 saturated heterocycles. The first-order valence-corrected chi connectivity index (χ1v) is 16.0. The minimum Gasteiger partial charge on any atom is -0.446 e. The van der Waals surface area contributed by atoms with E-state index < -0.39 is 6.09 Å². The molecule has 3 fully saturated rings. The van der Waals surface area contributed by atoms with Crippen LogP contribution in [0, 0.1) is 46.3 Å². The van der Waals surface area contributed by atoms with Crippen molar-refractivity contribution in [1.29, 1.82) is 0 Å². The first-order valence-electron chi connectivity index (χ1n) is 16.0. The van der Waals surface area contributed by atoms with Crippen molar-refractivity contribution >= 4 is 6.09 Å². The lowest BCUT2D eigenvalue weighted by atomic mass is 9.47. The maximum atomic E-state index is 11.3. The summed E-state index contributed by atoms with van der Waals surface area (Å²) in [5.74, 6) is 4.93. The molecule has 4 aliphatic carbocycles. The average Bonchev–Trinajstić information content (AvgIpc) is 3.54. The number of primary amides is 1. The number of nitrogens with two attached hydrogens (primary N) is 1. The number of nitrogens with one attached hydrogen (secondary N) is 2. The SMILES string of the molecule is CC(CCC[C@@H](C)[C@H]1CC[C@H]2[C@@H]3CC=C4C[C@@H](OC(N)=O)CC[C@]4(C)[C@H]3CC[C@]12C)CNCCc1cnc[nH]1. The predicted octanol–water partition coefficient (Wildman–Crippen LogP) is 7.03. The number of aromatic nitrogens is 2. The van der Waals surface area contributed by atoms with Crippen LogP contribution < -0.4 is 11.1 Å². The number of carbonyl (C=O) groups excluding carboxylic acids is 1. The second kappa shape index (κ2) is 12.0. The number of nitrogens with zero attached hydrogens (tertiary/aromatic N) is 1. The molecule has 0 spiro atoms. The molecule has 6 heteroatoms. The first kappa shape index (κ1) is 28.7. The first-order chi connectivity index (χ1) is 18.7. The van der Waals surface area contributed by atoms with E-state index in [2.05, 4.69) is 49.1 Å². The molecule has 0 bridgehead atoms. The third-order valence-corrected chi connectivity index (χ3v) is 12.1. The second-order valence-electron chi connectivity index (χ2n) is 14.3. The second-order valence-corrected chi connectivity index (χ2v) is 14.3. The zero-order chi connectivity index (χ0) is 27.6. The van der Waals surface area contributed by atoms with Gasteiger partial charge in [0, 0.05) is 31.3 Å². The molecule has 1 heterocycles. The molecule has 4 N–H and O–H groups in total. The quantitative estimate of drug-likeness (QED) is 0.208. The smallest absolute Gasteiger partial charge is 0.404 e. The van der Waals surface area contributed by atoms with Crippen LogP contribution in [0.25, 0.3) is 0 Å². The van der Waals surface area contributed by atoms with Gasteiger partial charge in [-0.2, -0.15) is 0 Å². The lowest BCUT2D eigenvalue weighted by molar-refractivity contribution is -0.0578. The van der Waals surface area contributed by atoms with Crippen LogP contribution in [-0.2, 0) is 11.2 Å². The maximum absolute atomic E-state index is 11.3. The van der Waals surface area contributed by atoms with Crippen LogP contribution in [0.2, 0.25) is 0 Å². The van der Waals surface area contributed by atoms with Crippen LogP contribution >= 0.6 is 0 Å². The Balaban J connectivity index is 1.11. The number of rotatable bonds is 11. The Morgan fingerprint density at radius 1 is 1.18 bits per heavy atom. The number of fused-ring (bicyclic) bond motifs is 5. The van der Waals surface area contributed by atoms with Crippen molar-refractivity contribution in [3.8, 4) is 0 Å². The number of hydrogen-bond donors (Lipinski definition) is 3. The number of carbonyl (C=O) groups is 1. The highest BCUT2D eigenvalue weighted by Crippen LogP contribution is 2.67. The number of aromatic amines is 1. The van der Waals surface area contributed by atoms with Crippen LogP contribution in [0.4, 0.5) is 4.79 Å². The van der Waals surface area contributed by atoms with E-state index in [4.69, 9.17) is 10.5 Å². The van der Waals surface area contributed by atoms with Gasteiger partial charge in [0.25, 0.3) is 0 Å². The van der Waals surface area contributed by atoms with Gasteiger partial charge >= 0.3 is 6.09 Å². The van der Waals surface area contributed by atoms with Crippen LogP contribution in [-0.4, -0.2) is 35.3 Å². The van der Waals surface area contributed by atoms with Crippen molar-refractivity contribution in [2.45, 2.75) is 111 Å². The van der Waals surface area contributed by atoms with Gasteiger partial charge in [0.15, 0.2) is 0 Å². The molecule has 3 saturated carbocycles. The van der Waals surface area contributed by atoms with Gasteiger partial charge < -0.3 is 20.8 Å². The van der Waals surface area contributed by atoms with Gasteiger partial charge in [0.05, 0.1) is 6.33 Å². The fourth-order valence-corrected chi connectivity index (χ4v) is 9.95. The summed E-state index contributed by atoms with van der Waals surface area (Å²) in [6, 6.07) is 0. The summed E-state index contributed by atoms with van der Waals surface area (Å²) in [4.78, 5) is 18.6. The van der Waals surface area contributed by atoms with E-state index in [1.54, 1.807) is 11.9 Å². The Labute approximate surface area is 236 Å². The van der Waals surface area contributed by atoms with Crippen LogP contribution in [0.5, 0.6) is 0 Å². The van der Waals surface area contributed by atoms with Gasteiger partial charge in [-0.15, -0.1) is 0 Å². The molecule has 9 atom stereocenters. The summed E-state index contributed by atoms with van der Waals surface area (Å²) in [5, 5.41) is 3.64. The lowest BCUT2D eigenvalue weighted by Crippen LogP contribution is -2.51. The molecule has 1 unspecified atom stereocenters. The van der Waals surface area contributed by atoms with Crippen molar-refractivity contribution in [3.05, 3.63) is 29.9 Å². The largest absolute Gasteiger partial charge is 0.446 e. The van der Waals surface area contributed by atoms with Crippen molar-refractivity contribution in [3.63, 3.8) is 0 Å². The van der Waals surface area contributed by atoms with E-state index >= 15 is 0 Å². The molecule has 1 aromatic rings. The topological polar surface area (TPSA) is 93.0 Å². The van der Waals surface area contributed by atoms with Crippen molar-refractivity contribution in [2.24, 2.45) is 52.1 Å². The van der Waals surface area contributed by atoms with Crippen molar-refractivity contribution in [2.75, 3.05) is 13.1 Å². The van der Waals surface area contributed by atoms with Gasteiger partial charge in [0.2, 0.25) is 0 Å². The molecule has 0 radical (unpaired) electrons. The number of amides is 1.